The molecule has 0 spiro atoms. The average molecular weight is 248 g/mol. The second-order valence-electron chi connectivity index (χ2n) is 3.87. The highest BCUT2D eigenvalue weighted by Crippen LogP contribution is 2.22. The van der Waals surface area contributed by atoms with E-state index in [1.165, 1.54) is 6.07 Å². The molecule has 0 saturated carbocycles. The van der Waals surface area contributed by atoms with Gasteiger partial charge in [-0.1, -0.05) is 5.16 Å². The Hall–Kier alpha value is -2.44. The summed E-state index contributed by atoms with van der Waals surface area (Å²) in [5, 5.41) is 17.5. The van der Waals surface area contributed by atoms with Crippen LogP contribution in [0.15, 0.2) is 22.7 Å². The van der Waals surface area contributed by atoms with Crippen LogP contribution >= 0.6 is 0 Å². The number of hydrogen-bond donors (Lipinski definition) is 1. The van der Waals surface area contributed by atoms with Gasteiger partial charge in [0, 0.05) is 17.8 Å². The van der Waals surface area contributed by atoms with Crippen molar-refractivity contribution in [2.24, 2.45) is 0 Å². The highest BCUT2D eigenvalue weighted by Gasteiger charge is 2.15. The maximum Gasteiger partial charge on any atom is 0.311 e. The van der Waals surface area contributed by atoms with Gasteiger partial charge in [0.05, 0.1) is 17.2 Å². The molecule has 7 heteroatoms. The van der Waals surface area contributed by atoms with Crippen LogP contribution in [0, 0.1) is 24.0 Å². The molecule has 0 aliphatic carbocycles. The minimum absolute atomic E-state index is 0.0585. The molecule has 2 aromatic heterocycles. The third-order valence-corrected chi connectivity index (χ3v) is 2.32. The van der Waals surface area contributed by atoms with Crippen molar-refractivity contribution in [3.05, 3.63) is 45.5 Å². The molecule has 0 bridgehead atoms. The van der Waals surface area contributed by atoms with Crippen LogP contribution in [0.2, 0.25) is 0 Å². The smallest absolute Gasteiger partial charge is 0.311 e. The van der Waals surface area contributed by atoms with Gasteiger partial charge in [0.25, 0.3) is 0 Å². The molecule has 0 aliphatic rings. The van der Waals surface area contributed by atoms with E-state index in [1.54, 1.807) is 26.0 Å². The summed E-state index contributed by atoms with van der Waals surface area (Å²) in [5.74, 6) is 0.833. The van der Waals surface area contributed by atoms with E-state index in [9.17, 15) is 10.1 Å². The van der Waals surface area contributed by atoms with Gasteiger partial charge in [-0.2, -0.15) is 0 Å². The minimum atomic E-state index is -0.472. The van der Waals surface area contributed by atoms with Gasteiger partial charge in [0.2, 0.25) is 5.82 Å². The van der Waals surface area contributed by atoms with Crippen molar-refractivity contribution in [3.8, 4) is 0 Å². The predicted octanol–water partition coefficient (Wildman–Crippen LogP) is 2.21. The highest BCUT2D eigenvalue weighted by molar-refractivity contribution is 5.56. The predicted molar refractivity (Wildman–Crippen MR) is 64.2 cm³/mol. The molecular weight excluding hydrogens is 236 g/mol. The summed E-state index contributed by atoms with van der Waals surface area (Å²) in [5.41, 5.74) is 1.41. The van der Waals surface area contributed by atoms with E-state index < -0.39 is 4.92 Å². The molecule has 0 aromatic carbocycles. The second kappa shape index (κ2) is 4.82. The van der Waals surface area contributed by atoms with Crippen LogP contribution in [0.4, 0.5) is 11.5 Å². The van der Waals surface area contributed by atoms with Gasteiger partial charge < -0.3 is 9.84 Å². The zero-order chi connectivity index (χ0) is 13.1. The monoisotopic (exact) mass is 248 g/mol. The number of anilines is 1. The molecule has 0 amide bonds. The van der Waals surface area contributed by atoms with E-state index in [0.29, 0.717) is 18.0 Å². The van der Waals surface area contributed by atoms with E-state index >= 15 is 0 Å². The lowest BCUT2D eigenvalue weighted by Gasteiger charge is -2.04. The number of nitrogens with zero attached hydrogens (tertiary/aromatic N) is 3. The Morgan fingerprint density at radius 2 is 2.17 bits per heavy atom. The molecule has 2 rings (SSSR count). The van der Waals surface area contributed by atoms with Crippen LogP contribution in [0.25, 0.3) is 0 Å². The Labute approximate surface area is 103 Å². The number of pyridine rings is 1. The standard InChI is InChI=1S/C11H12N4O3/c1-7-3-4-10(15(16)17)11(13-7)12-6-9-5-8(2)14-18-9/h3-5H,6H2,1-2H3,(H,12,13). The summed E-state index contributed by atoms with van der Waals surface area (Å²) in [6.07, 6.45) is 0. The Balaban J connectivity index is 2.17. The Morgan fingerprint density at radius 3 is 2.78 bits per heavy atom. The molecule has 0 atom stereocenters. The van der Waals surface area contributed by atoms with E-state index in [1.807, 2.05) is 0 Å². The summed E-state index contributed by atoms with van der Waals surface area (Å²) in [4.78, 5) is 14.5. The SMILES string of the molecule is Cc1cc(CNc2nc(C)ccc2[N+](=O)[O-])on1. The van der Waals surface area contributed by atoms with Gasteiger partial charge in [-0.25, -0.2) is 4.98 Å². The molecule has 18 heavy (non-hydrogen) atoms. The average Bonchev–Trinajstić information content (AvgIpc) is 2.72. The normalized spacial score (nSPS) is 10.3. The first kappa shape index (κ1) is 12.0. The maximum atomic E-state index is 10.8. The maximum absolute atomic E-state index is 10.8. The fourth-order valence-corrected chi connectivity index (χ4v) is 1.50. The van der Waals surface area contributed by atoms with E-state index in [-0.39, 0.29) is 11.5 Å². The zero-order valence-electron chi connectivity index (χ0n) is 10.0. The van der Waals surface area contributed by atoms with E-state index in [2.05, 4.69) is 15.5 Å². The van der Waals surface area contributed by atoms with Crippen molar-refractivity contribution in [2.45, 2.75) is 20.4 Å². The van der Waals surface area contributed by atoms with Crippen molar-refractivity contribution in [1.82, 2.24) is 10.1 Å². The lowest BCUT2D eigenvalue weighted by atomic mass is 10.3. The van der Waals surface area contributed by atoms with Crippen LogP contribution < -0.4 is 5.32 Å². The lowest BCUT2D eigenvalue weighted by Crippen LogP contribution is -2.04. The van der Waals surface area contributed by atoms with Crippen LogP contribution in [0.3, 0.4) is 0 Å². The number of nitrogens with one attached hydrogen (secondary N) is 1. The number of hydrogen-bond acceptors (Lipinski definition) is 6. The topological polar surface area (TPSA) is 94.1 Å². The summed E-state index contributed by atoms with van der Waals surface area (Å²) in [6.45, 7) is 3.88. The minimum Gasteiger partial charge on any atom is -0.359 e. The third kappa shape index (κ3) is 2.62. The molecule has 1 N–H and O–H groups in total. The lowest BCUT2D eigenvalue weighted by molar-refractivity contribution is -0.384. The number of aromatic nitrogens is 2. The molecule has 7 nitrogen and oxygen atoms in total. The largest absolute Gasteiger partial charge is 0.359 e. The van der Waals surface area contributed by atoms with Gasteiger partial charge in [0.1, 0.15) is 0 Å². The number of rotatable bonds is 4. The van der Waals surface area contributed by atoms with E-state index in [4.69, 9.17) is 4.52 Å². The highest BCUT2D eigenvalue weighted by atomic mass is 16.6. The quantitative estimate of drug-likeness (QED) is 0.658. The molecule has 0 unspecified atom stereocenters. The molecule has 94 valence electrons. The second-order valence-corrected chi connectivity index (χ2v) is 3.87. The zero-order valence-corrected chi connectivity index (χ0v) is 10.0. The van der Waals surface area contributed by atoms with Gasteiger partial charge >= 0.3 is 5.69 Å². The molecule has 0 aliphatic heterocycles. The molecule has 0 fully saturated rings. The van der Waals surface area contributed by atoms with Crippen molar-refractivity contribution >= 4 is 11.5 Å². The Kier molecular flexibility index (Phi) is 3.22. The molecule has 2 heterocycles. The Morgan fingerprint density at radius 1 is 1.39 bits per heavy atom. The number of nitro groups is 1. The van der Waals surface area contributed by atoms with Gasteiger partial charge in [-0.15, -0.1) is 0 Å². The van der Waals surface area contributed by atoms with Crippen molar-refractivity contribution in [3.63, 3.8) is 0 Å². The molecule has 2 aromatic rings. The van der Waals surface area contributed by atoms with Crippen molar-refractivity contribution < 1.29 is 9.45 Å². The summed E-state index contributed by atoms with van der Waals surface area (Å²) < 4.78 is 5.01. The van der Waals surface area contributed by atoms with Gasteiger partial charge in [-0.3, -0.25) is 10.1 Å². The first-order valence-electron chi connectivity index (χ1n) is 5.34. The summed E-state index contributed by atoms with van der Waals surface area (Å²) in [7, 11) is 0. The van der Waals surface area contributed by atoms with Crippen LogP contribution in [-0.4, -0.2) is 15.1 Å². The van der Waals surface area contributed by atoms with Gasteiger partial charge in [0.15, 0.2) is 5.76 Å². The molecule has 0 radical (unpaired) electrons. The van der Waals surface area contributed by atoms with Crippen molar-refractivity contribution in [1.29, 1.82) is 0 Å². The first-order chi connectivity index (χ1) is 8.56. The van der Waals surface area contributed by atoms with Crippen LogP contribution in [0.1, 0.15) is 17.1 Å². The third-order valence-electron chi connectivity index (χ3n) is 2.32. The summed E-state index contributed by atoms with van der Waals surface area (Å²) >= 11 is 0. The molecular formula is C11H12N4O3. The summed E-state index contributed by atoms with van der Waals surface area (Å²) in [6, 6.07) is 4.78. The van der Waals surface area contributed by atoms with Crippen molar-refractivity contribution in [2.75, 3.05) is 5.32 Å². The fraction of sp³-hybridized carbons (Fsp3) is 0.273. The first-order valence-corrected chi connectivity index (χ1v) is 5.34. The van der Waals surface area contributed by atoms with E-state index in [0.717, 1.165) is 5.69 Å². The Bertz CT molecular complexity index is 579. The fourth-order valence-electron chi connectivity index (χ4n) is 1.50. The van der Waals surface area contributed by atoms with Crippen LogP contribution in [0.5, 0.6) is 0 Å². The molecule has 0 saturated heterocycles. The number of aryl methyl sites for hydroxylation is 2. The van der Waals surface area contributed by atoms with Gasteiger partial charge in [-0.05, 0) is 19.9 Å². The van der Waals surface area contributed by atoms with Crippen LogP contribution in [-0.2, 0) is 6.54 Å².